The summed E-state index contributed by atoms with van der Waals surface area (Å²) in [6.07, 6.45) is 0. The summed E-state index contributed by atoms with van der Waals surface area (Å²) < 4.78 is 14.2. The summed E-state index contributed by atoms with van der Waals surface area (Å²) in [6, 6.07) is 12.1. The highest BCUT2D eigenvalue weighted by Crippen LogP contribution is 2.13. The van der Waals surface area contributed by atoms with Crippen LogP contribution in [0.2, 0.25) is 0 Å². The van der Waals surface area contributed by atoms with Crippen LogP contribution in [0.1, 0.15) is 23.0 Å². The van der Waals surface area contributed by atoms with Gasteiger partial charge in [0.05, 0.1) is 5.39 Å². The molecule has 28 heavy (non-hydrogen) atoms. The Morgan fingerprint density at radius 3 is 2.50 bits per heavy atom. The van der Waals surface area contributed by atoms with Crippen molar-refractivity contribution in [3.8, 4) is 0 Å². The molecule has 1 heterocycles. The zero-order valence-electron chi connectivity index (χ0n) is 15.1. The Labute approximate surface area is 159 Å². The van der Waals surface area contributed by atoms with Crippen LogP contribution in [-0.2, 0) is 17.9 Å². The molecular weight excluding hydrogens is 365 g/mol. The van der Waals surface area contributed by atoms with Gasteiger partial charge in [-0.05, 0) is 30.7 Å². The van der Waals surface area contributed by atoms with E-state index in [0.717, 1.165) is 4.68 Å². The second kappa shape index (κ2) is 7.99. The predicted molar refractivity (Wildman–Crippen MR) is 100 cm³/mol. The van der Waals surface area contributed by atoms with Crippen LogP contribution in [0.4, 0.5) is 4.39 Å². The van der Waals surface area contributed by atoms with Crippen molar-refractivity contribution in [2.45, 2.75) is 20.0 Å². The Balaban J connectivity index is 1.92. The van der Waals surface area contributed by atoms with Gasteiger partial charge < -0.3 is 10.0 Å². The van der Waals surface area contributed by atoms with Crippen molar-refractivity contribution in [2.24, 2.45) is 0 Å². The largest absolute Gasteiger partial charge is 0.476 e. The smallest absolute Gasteiger partial charge is 0.357 e. The molecule has 3 rings (SSSR count). The standard InChI is InChI=1S/C20H18FN3O4/c1-2-23(11-13-6-5-7-14(21)10-13)17(25)12-24-19(26)16-9-4-3-8-15(16)18(22-24)20(27)28/h3-10H,2,11-12H2,1H3,(H,27,28). The molecule has 2 aromatic carbocycles. The van der Waals surface area contributed by atoms with Crippen molar-refractivity contribution in [1.29, 1.82) is 0 Å². The average molecular weight is 383 g/mol. The highest BCUT2D eigenvalue weighted by molar-refractivity contribution is 6.01. The Bertz CT molecular complexity index is 1110. The first-order chi connectivity index (χ1) is 13.4. The number of amides is 1. The van der Waals surface area contributed by atoms with Crippen LogP contribution in [0.5, 0.6) is 0 Å². The van der Waals surface area contributed by atoms with E-state index in [1.54, 1.807) is 31.2 Å². The van der Waals surface area contributed by atoms with Gasteiger partial charge in [-0.1, -0.05) is 30.3 Å². The molecule has 0 bridgehead atoms. The number of likely N-dealkylation sites (N-methyl/N-ethyl adjacent to an activating group) is 1. The summed E-state index contributed by atoms with van der Waals surface area (Å²) in [4.78, 5) is 38.3. The number of hydrogen-bond acceptors (Lipinski definition) is 4. The van der Waals surface area contributed by atoms with Gasteiger partial charge in [-0.15, -0.1) is 0 Å². The maximum absolute atomic E-state index is 13.4. The summed E-state index contributed by atoms with van der Waals surface area (Å²) in [5, 5.41) is 13.7. The molecule has 0 saturated heterocycles. The van der Waals surface area contributed by atoms with E-state index in [2.05, 4.69) is 5.10 Å². The van der Waals surface area contributed by atoms with Gasteiger partial charge >= 0.3 is 5.97 Å². The lowest BCUT2D eigenvalue weighted by molar-refractivity contribution is -0.132. The maximum atomic E-state index is 13.4. The summed E-state index contributed by atoms with van der Waals surface area (Å²) in [5.41, 5.74) is -0.229. The fourth-order valence-electron chi connectivity index (χ4n) is 2.96. The van der Waals surface area contributed by atoms with E-state index in [9.17, 15) is 23.9 Å². The van der Waals surface area contributed by atoms with Gasteiger partial charge in [0.1, 0.15) is 12.4 Å². The Morgan fingerprint density at radius 1 is 1.14 bits per heavy atom. The van der Waals surface area contributed by atoms with Crippen molar-refractivity contribution < 1.29 is 19.1 Å². The first kappa shape index (κ1) is 19.2. The summed E-state index contributed by atoms with van der Waals surface area (Å²) >= 11 is 0. The molecule has 0 saturated carbocycles. The van der Waals surface area contributed by atoms with Crippen molar-refractivity contribution in [3.63, 3.8) is 0 Å². The van der Waals surface area contributed by atoms with Gasteiger partial charge in [0.15, 0.2) is 5.69 Å². The Kier molecular flexibility index (Phi) is 5.49. The SMILES string of the molecule is CCN(Cc1cccc(F)c1)C(=O)Cn1nc(C(=O)O)c2ccccc2c1=O. The predicted octanol–water partition coefficient (Wildman–Crippen LogP) is 2.28. The molecule has 0 spiro atoms. The number of carbonyl (C=O) groups is 2. The monoisotopic (exact) mass is 383 g/mol. The molecule has 1 aromatic heterocycles. The first-order valence-electron chi connectivity index (χ1n) is 8.66. The highest BCUT2D eigenvalue weighted by atomic mass is 19.1. The number of aromatic nitrogens is 2. The highest BCUT2D eigenvalue weighted by Gasteiger charge is 2.19. The van der Waals surface area contributed by atoms with Crippen LogP contribution in [0.15, 0.2) is 53.3 Å². The van der Waals surface area contributed by atoms with Gasteiger partial charge in [0.25, 0.3) is 5.56 Å². The van der Waals surface area contributed by atoms with Crippen LogP contribution < -0.4 is 5.56 Å². The molecule has 1 N–H and O–H groups in total. The molecule has 144 valence electrons. The number of rotatable bonds is 6. The van der Waals surface area contributed by atoms with Crippen LogP contribution in [0, 0.1) is 5.82 Å². The minimum Gasteiger partial charge on any atom is -0.476 e. The molecule has 0 aliphatic rings. The number of benzene rings is 2. The zero-order valence-corrected chi connectivity index (χ0v) is 15.1. The molecule has 0 atom stereocenters. The van der Waals surface area contributed by atoms with Crippen molar-refractivity contribution in [1.82, 2.24) is 14.7 Å². The Morgan fingerprint density at radius 2 is 1.86 bits per heavy atom. The third kappa shape index (κ3) is 3.90. The second-order valence-electron chi connectivity index (χ2n) is 6.20. The lowest BCUT2D eigenvalue weighted by Crippen LogP contribution is -2.37. The molecule has 8 heteroatoms. The number of fused-ring (bicyclic) bond motifs is 1. The van der Waals surface area contributed by atoms with E-state index < -0.39 is 29.8 Å². The molecule has 7 nitrogen and oxygen atoms in total. The quantitative estimate of drug-likeness (QED) is 0.705. The molecule has 0 radical (unpaired) electrons. The molecular formula is C20H18FN3O4. The van der Waals surface area contributed by atoms with Crippen LogP contribution >= 0.6 is 0 Å². The van der Waals surface area contributed by atoms with Gasteiger partial charge in [0.2, 0.25) is 5.91 Å². The van der Waals surface area contributed by atoms with Gasteiger partial charge in [-0.25, -0.2) is 13.9 Å². The number of carboxylic acid groups (broad SMARTS) is 1. The van der Waals surface area contributed by atoms with E-state index in [4.69, 9.17) is 0 Å². The fourth-order valence-corrected chi connectivity index (χ4v) is 2.96. The van der Waals surface area contributed by atoms with E-state index in [-0.39, 0.29) is 23.0 Å². The average Bonchev–Trinajstić information content (AvgIpc) is 2.68. The number of halogens is 1. The van der Waals surface area contributed by atoms with E-state index >= 15 is 0 Å². The lowest BCUT2D eigenvalue weighted by Gasteiger charge is -2.21. The summed E-state index contributed by atoms with van der Waals surface area (Å²) in [7, 11) is 0. The number of aromatic carboxylic acids is 1. The van der Waals surface area contributed by atoms with E-state index in [1.807, 2.05) is 0 Å². The third-order valence-electron chi connectivity index (χ3n) is 4.35. The minimum atomic E-state index is -1.29. The van der Waals surface area contributed by atoms with Crippen LogP contribution in [-0.4, -0.2) is 38.2 Å². The summed E-state index contributed by atoms with van der Waals surface area (Å²) in [6.45, 7) is 1.86. The van der Waals surface area contributed by atoms with Gasteiger partial charge in [-0.3, -0.25) is 9.59 Å². The normalized spacial score (nSPS) is 10.8. The molecule has 0 aliphatic carbocycles. The third-order valence-corrected chi connectivity index (χ3v) is 4.35. The van der Waals surface area contributed by atoms with Gasteiger partial charge in [0, 0.05) is 18.5 Å². The van der Waals surface area contributed by atoms with E-state index in [1.165, 1.54) is 29.2 Å². The maximum Gasteiger partial charge on any atom is 0.357 e. The first-order valence-corrected chi connectivity index (χ1v) is 8.66. The molecule has 3 aromatic rings. The number of nitrogens with zero attached hydrogens (tertiary/aromatic N) is 3. The van der Waals surface area contributed by atoms with Gasteiger partial charge in [-0.2, -0.15) is 5.10 Å². The number of carboxylic acids is 1. The molecule has 0 aliphatic heterocycles. The fraction of sp³-hybridized carbons (Fsp3) is 0.200. The Hall–Kier alpha value is -3.55. The second-order valence-corrected chi connectivity index (χ2v) is 6.20. The van der Waals surface area contributed by atoms with Crippen molar-refractivity contribution >= 4 is 22.6 Å². The van der Waals surface area contributed by atoms with Crippen LogP contribution in [0.25, 0.3) is 10.8 Å². The summed E-state index contributed by atoms with van der Waals surface area (Å²) in [5.74, 6) is -2.11. The number of hydrogen-bond donors (Lipinski definition) is 1. The van der Waals surface area contributed by atoms with Crippen molar-refractivity contribution in [3.05, 3.63) is 76.0 Å². The van der Waals surface area contributed by atoms with Crippen LogP contribution in [0.3, 0.4) is 0 Å². The molecule has 1 amide bonds. The zero-order chi connectivity index (χ0) is 20.3. The van der Waals surface area contributed by atoms with Crippen molar-refractivity contribution in [2.75, 3.05) is 6.54 Å². The lowest BCUT2D eigenvalue weighted by atomic mass is 10.1. The molecule has 0 unspecified atom stereocenters. The molecule has 0 fully saturated rings. The number of carbonyl (C=O) groups excluding carboxylic acids is 1. The van der Waals surface area contributed by atoms with E-state index in [0.29, 0.717) is 12.1 Å². The minimum absolute atomic E-state index is 0.168. The topological polar surface area (TPSA) is 92.5 Å².